The maximum absolute atomic E-state index is 12.9. The molecule has 8 nitrogen and oxygen atoms in total. The summed E-state index contributed by atoms with van der Waals surface area (Å²) in [5.41, 5.74) is 4.92. The van der Waals surface area contributed by atoms with Crippen molar-refractivity contribution >= 4 is 29.9 Å². The summed E-state index contributed by atoms with van der Waals surface area (Å²) in [5.74, 6) is -1.85. The molecule has 39 heavy (non-hydrogen) atoms. The molecule has 3 aromatic carbocycles. The first-order valence-electron chi connectivity index (χ1n) is 12.4. The van der Waals surface area contributed by atoms with E-state index >= 15 is 0 Å². The Kier molecular flexibility index (Phi) is 6.93. The Hall–Kier alpha value is -5.24. The van der Waals surface area contributed by atoms with Gasteiger partial charge in [-0.05, 0) is 54.5 Å². The fraction of sp³-hybridized carbons (Fsp3) is 0.0968. The predicted molar refractivity (Wildman–Crippen MR) is 147 cm³/mol. The molecule has 0 radical (unpaired) electrons. The predicted octanol–water partition coefficient (Wildman–Crippen LogP) is 5.08. The number of imide groups is 2. The van der Waals surface area contributed by atoms with E-state index < -0.39 is 23.8 Å². The first-order chi connectivity index (χ1) is 18.9. The third-order valence-electron chi connectivity index (χ3n) is 6.39. The summed E-state index contributed by atoms with van der Waals surface area (Å²) in [6.45, 7) is 2.03. The van der Waals surface area contributed by atoms with Crippen LogP contribution in [0.25, 0.3) is 34.3 Å². The molecule has 1 saturated heterocycles. The molecule has 194 valence electrons. The number of likely N-dealkylation sites (N-methyl/N-ethyl adjacent to an activating group) is 1. The highest BCUT2D eigenvalue weighted by Crippen LogP contribution is 2.37. The van der Waals surface area contributed by atoms with E-state index in [4.69, 9.17) is 4.74 Å². The van der Waals surface area contributed by atoms with E-state index in [0.29, 0.717) is 11.1 Å². The van der Waals surface area contributed by atoms with Gasteiger partial charge in [-0.1, -0.05) is 60.7 Å². The van der Waals surface area contributed by atoms with Gasteiger partial charge in [-0.2, -0.15) is 0 Å². The smallest absolute Gasteiger partial charge is 0.338 e. The van der Waals surface area contributed by atoms with Crippen molar-refractivity contribution in [1.82, 2.24) is 14.8 Å². The Labute approximate surface area is 225 Å². The Balaban J connectivity index is 1.77. The second kappa shape index (κ2) is 10.6. The lowest BCUT2D eigenvalue weighted by Gasteiger charge is -2.22. The lowest BCUT2D eigenvalue weighted by molar-refractivity contribution is -0.129. The van der Waals surface area contributed by atoms with Crippen LogP contribution < -0.4 is 5.32 Å². The summed E-state index contributed by atoms with van der Waals surface area (Å²) in [7, 11) is 1.32. The van der Waals surface area contributed by atoms with Crippen molar-refractivity contribution < 1.29 is 23.9 Å². The van der Waals surface area contributed by atoms with E-state index in [1.54, 1.807) is 19.1 Å². The Morgan fingerprint density at radius 2 is 1.49 bits per heavy atom. The summed E-state index contributed by atoms with van der Waals surface area (Å²) < 4.78 is 7.15. The highest BCUT2D eigenvalue weighted by molar-refractivity contribution is 6.31. The highest BCUT2D eigenvalue weighted by atomic mass is 16.5. The Morgan fingerprint density at radius 3 is 2.10 bits per heavy atom. The molecule has 5 rings (SSSR count). The molecule has 8 heteroatoms. The quantitative estimate of drug-likeness (QED) is 0.218. The summed E-state index contributed by atoms with van der Waals surface area (Å²) in [6, 6.07) is 27.5. The zero-order valence-corrected chi connectivity index (χ0v) is 21.4. The Bertz CT molecular complexity index is 1600. The number of hydrogen-bond acceptors (Lipinski definition) is 5. The van der Waals surface area contributed by atoms with Crippen LogP contribution in [-0.2, 0) is 14.3 Å². The monoisotopic (exact) mass is 519 g/mol. The van der Waals surface area contributed by atoms with Gasteiger partial charge in [0.25, 0.3) is 11.8 Å². The number of amides is 4. The van der Waals surface area contributed by atoms with E-state index in [1.807, 2.05) is 83.4 Å². The number of benzene rings is 3. The van der Waals surface area contributed by atoms with Gasteiger partial charge >= 0.3 is 12.0 Å². The van der Waals surface area contributed by atoms with E-state index in [2.05, 4.69) is 5.32 Å². The molecule has 2 heterocycles. The van der Waals surface area contributed by atoms with Gasteiger partial charge in [-0.3, -0.25) is 19.8 Å². The van der Waals surface area contributed by atoms with Crippen LogP contribution in [0.1, 0.15) is 22.8 Å². The number of nitrogens with one attached hydrogen (secondary N) is 1. The van der Waals surface area contributed by atoms with Gasteiger partial charge in [0.2, 0.25) is 0 Å². The van der Waals surface area contributed by atoms with Crippen molar-refractivity contribution in [3.8, 4) is 28.2 Å². The maximum atomic E-state index is 12.9. The highest BCUT2D eigenvalue weighted by Gasteiger charge is 2.33. The normalized spacial score (nSPS) is 14.5. The zero-order chi connectivity index (χ0) is 27.5. The molecule has 0 unspecified atom stereocenters. The van der Waals surface area contributed by atoms with Gasteiger partial charge in [0.05, 0.1) is 23.6 Å². The van der Waals surface area contributed by atoms with Crippen LogP contribution in [0.15, 0.2) is 96.6 Å². The van der Waals surface area contributed by atoms with E-state index in [1.165, 1.54) is 13.1 Å². The van der Waals surface area contributed by atoms with Gasteiger partial charge in [-0.15, -0.1) is 0 Å². The number of esters is 1. The number of barbiturate groups is 1. The summed E-state index contributed by atoms with van der Waals surface area (Å²) in [6.07, 6.45) is 1.51. The molecular weight excluding hydrogens is 494 g/mol. The van der Waals surface area contributed by atoms with Crippen molar-refractivity contribution in [3.63, 3.8) is 0 Å². The first-order valence-corrected chi connectivity index (χ1v) is 12.4. The molecule has 0 aliphatic carbocycles. The lowest BCUT2D eigenvalue weighted by atomic mass is 10.0. The minimum Gasteiger partial charge on any atom is -0.462 e. The number of rotatable bonds is 6. The van der Waals surface area contributed by atoms with Crippen LogP contribution in [-0.4, -0.2) is 46.9 Å². The second-order valence-electron chi connectivity index (χ2n) is 8.85. The number of carbonyl (C=O) groups excluding carboxylic acids is 4. The van der Waals surface area contributed by atoms with Crippen LogP contribution in [0.2, 0.25) is 0 Å². The summed E-state index contributed by atoms with van der Waals surface area (Å²) in [4.78, 5) is 50.7. The minimum absolute atomic E-state index is 0.149. The molecule has 1 aliphatic rings. The molecule has 1 N–H and O–H groups in total. The second-order valence-corrected chi connectivity index (χ2v) is 8.85. The number of hydrogen-bond donors (Lipinski definition) is 1. The fourth-order valence-electron chi connectivity index (χ4n) is 4.48. The molecule has 0 bridgehead atoms. The van der Waals surface area contributed by atoms with Crippen molar-refractivity contribution in [2.75, 3.05) is 13.7 Å². The third-order valence-corrected chi connectivity index (χ3v) is 6.39. The fourth-order valence-corrected chi connectivity index (χ4v) is 4.48. The standard InChI is InChI=1S/C31H25N3O5/c1-3-39-30(37)22-14-16-24(17-15-22)34-26(20-10-6-4-7-11-20)19-23(27(34)21-12-8-5-9-13-21)18-25-28(35)32-31(38)33(2)29(25)36/h4-19H,3H2,1-2H3,(H,32,35,38)/b25-18-. The molecule has 0 spiro atoms. The van der Waals surface area contributed by atoms with Crippen molar-refractivity contribution in [3.05, 3.63) is 108 Å². The molecule has 1 aliphatic heterocycles. The van der Waals surface area contributed by atoms with Crippen LogP contribution in [0.4, 0.5) is 4.79 Å². The third kappa shape index (κ3) is 4.87. The average molecular weight is 520 g/mol. The zero-order valence-electron chi connectivity index (χ0n) is 21.4. The molecule has 1 aromatic heterocycles. The van der Waals surface area contributed by atoms with E-state index in [0.717, 1.165) is 33.1 Å². The van der Waals surface area contributed by atoms with Gasteiger partial charge in [-0.25, -0.2) is 9.59 Å². The largest absolute Gasteiger partial charge is 0.462 e. The van der Waals surface area contributed by atoms with E-state index in [9.17, 15) is 19.2 Å². The topological polar surface area (TPSA) is 97.7 Å². The number of ether oxygens (including phenoxy) is 1. The van der Waals surface area contributed by atoms with E-state index in [-0.39, 0.29) is 12.2 Å². The molecule has 1 fully saturated rings. The number of nitrogens with zero attached hydrogens (tertiary/aromatic N) is 2. The number of aromatic nitrogens is 1. The van der Waals surface area contributed by atoms with Crippen molar-refractivity contribution in [2.45, 2.75) is 6.92 Å². The number of carbonyl (C=O) groups is 4. The van der Waals surface area contributed by atoms with Gasteiger partial charge in [0, 0.05) is 18.3 Å². The summed E-state index contributed by atoms with van der Waals surface area (Å²) in [5, 5.41) is 2.21. The SMILES string of the molecule is CCOC(=O)c1ccc(-n2c(-c3ccccc3)cc(/C=C3/C(=O)NC(=O)N(C)C3=O)c2-c2ccccc2)cc1. The van der Waals surface area contributed by atoms with Crippen molar-refractivity contribution in [1.29, 1.82) is 0 Å². The van der Waals surface area contributed by atoms with Crippen LogP contribution in [0, 0.1) is 0 Å². The summed E-state index contributed by atoms with van der Waals surface area (Å²) >= 11 is 0. The number of urea groups is 1. The molecule has 4 amide bonds. The molecule has 4 aromatic rings. The first kappa shape index (κ1) is 25.4. The van der Waals surface area contributed by atoms with Gasteiger partial charge < -0.3 is 9.30 Å². The maximum Gasteiger partial charge on any atom is 0.338 e. The van der Waals surface area contributed by atoms with Crippen LogP contribution in [0.3, 0.4) is 0 Å². The van der Waals surface area contributed by atoms with Crippen LogP contribution >= 0.6 is 0 Å². The lowest BCUT2D eigenvalue weighted by Crippen LogP contribution is -2.52. The van der Waals surface area contributed by atoms with Crippen LogP contribution in [0.5, 0.6) is 0 Å². The van der Waals surface area contributed by atoms with Gasteiger partial charge in [0.15, 0.2) is 0 Å². The minimum atomic E-state index is -0.769. The van der Waals surface area contributed by atoms with Crippen molar-refractivity contribution in [2.24, 2.45) is 0 Å². The van der Waals surface area contributed by atoms with Gasteiger partial charge in [0.1, 0.15) is 5.57 Å². The molecule has 0 atom stereocenters. The molecule has 0 saturated carbocycles. The average Bonchev–Trinajstić information content (AvgIpc) is 3.34. The molecular formula is C31H25N3O5. The Morgan fingerprint density at radius 1 is 0.872 bits per heavy atom.